The molecule has 0 bridgehead atoms. The van der Waals surface area contributed by atoms with E-state index >= 15 is 0 Å². The molecular weight excluding hydrogens is 272 g/mol. The average molecular weight is 287 g/mol. The summed E-state index contributed by atoms with van der Waals surface area (Å²) in [6.45, 7) is 3.76. The van der Waals surface area contributed by atoms with E-state index in [0.29, 0.717) is 12.2 Å². The van der Waals surface area contributed by atoms with Crippen molar-refractivity contribution in [2.24, 2.45) is 0 Å². The minimum atomic E-state index is -0.827. The van der Waals surface area contributed by atoms with Crippen molar-refractivity contribution in [1.82, 2.24) is 0 Å². The van der Waals surface area contributed by atoms with Crippen LogP contribution < -0.4 is 4.74 Å². The highest BCUT2D eigenvalue weighted by molar-refractivity contribution is 9.10. The first-order valence-electron chi connectivity index (χ1n) is 5.08. The maximum absolute atomic E-state index is 11.2. The lowest BCUT2D eigenvalue weighted by Gasteiger charge is -2.18. The molecule has 4 heteroatoms. The smallest absolute Gasteiger partial charge is 0.311 e. The fraction of sp³-hybridized carbons (Fsp3) is 0.417. The highest BCUT2D eigenvalue weighted by Gasteiger charge is 2.25. The SMILES string of the molecule is CCC(C(=O)O)c1c(Br)ccc(C)c1OC. The van der Waals surface area contributed by atoms with E-state index in [1.807, 2.05) is 26.0 Å². The van der Waals surface area contributed by atoms with Crippen molar-refractivity contribution in [3.05, 3.63) is 27.7 Å². The first-order chi connectivity index (χ1) is 7.52. The molecule has 0 aliphatic heterocycles. The summed E-state index contributed by atoms with van der Waals surface area (Å²) in [4.78, 5) is 11.2. The van der Waals surface area contributed by atoms with Crippen LogP contribution in [0.15, 0.2) is 16.6 Å². The van der Waals surface area contributed by atoms with Gasteiger partial charge in [0.1, 0.15) is 5.75 Å². The molecular formula is C12H15BrO3. The fourth-order valence-corrected chi connectivity index (χ4v) is 2.37. The lowest BCUT2D eigenvalue weighted by atomic mass is 9.94. The van der Waals surface area contributed by atoms with Crippen LogP contribution in [-0.2, 0) is 4.79 Å². The second kappa shape index (κ2) is 5.34. The number of halogens is 1. The lowest BCUT2D eigenvalue weighted by Crippen LogP contribution is -2.13. The summed E-state index contributed by atoms with van der Waals surface area (Å²) >= 11 is 3.39. The van der Waals surface area contributed by atoms with Crippen LogP contribution in [0.3, 0.4) is 0 Å². The molecule has 0 amide bonds. The Balaban J connectivity index is 3.39. The van der Waals surface area contributed by atoms with Crippen LogP contribution in [-0.4, -0.2) is 18.2 Å². The fourth-order valence-electron chi connectivity index (χ4n) is 1.78. The Morgan fingerprint density at radius 2 is 2.19 bits per heavy atom. The van der Waals surface area contributed by atoms with Crippen LogP contribution in [0.4, 0.5) is 0 Å². The van der Waals surface area contributed by atoms with Crippen LogP contribution in [0, 0.1) is 6.92 Å². The molecule has 1 N–H and O–H groups in total. The molecule has 0 saturated carbocycles. The van der Waals surface area contributed by atoms with Gasteiger partial charge in [0.15, 0.2) is 0 Å². The molecule has 1 unspecified atom stereocenters. The van der Waals surface area contributed by atoms with Crippen LogP contribution >= 0.6 is 15.9 Å². The number of methoxy groups -OCH3 is 1. The van der Waals surface area contributed by atoms with Gasteiger partial charge < -0.3 is 9.84 Å². The summed E-state index contributed by atoms with van der Waals surface area (Å²) in [5.74, 6) is -0.708. The van der Waals surface area contributed by atoms with E-state index in [9.17, 15) is 9.90 Å². The Kier molecular flexibility index (Phi) is 4.35. The number of carbonyl (C=O) groups is 1. The number of hydrogen-bond acceptors (Lipinski definition) is 2. The third-order valence-electron chi connectivity index (χ3n) is 2.60. The zero-order chi connectivity index (χ0) is 12.3. The Bertz CT molecular complexity index is 401. The van der Waals surface area contributed by atoms with E-state index in [2.05, 4.69) is 15.9 Å². The van der Waals surface area contributed by atoms with Crippen molar-refractivity contribution < 1.29 is 14.6 Å². The molecule has 1 aromatic carbocycles. The Hall–Kier alpha value is -1.03. The van der Waals surface area contributed by atoms with Gasteiger partial charge in [-0.1, -0.05) is 28.9 Å². The number of aliphatic carboxylic acids is 1. The number of benzene rings is 1. The van der Waals surface area contributed by atoms with Crippen molar-refractivity contribution in [2.45, 2.75) is 26.2 Å². The van der Waals surface area contributed by atoms with Gasteiger partial charge in [-0.3, -0.25) is 4.79 Å². The molecule has 3 nitrogen and oxygen atoms in total. The van der Waals surface area contributed by atoms with Gasteiger partial charge in [0, 0.05) is 10.0 Å². The second-order valence-electron chi connectivity index (χ2n) is 3.61. The van der Waals surface area contributed by atoms with Gasteiger partial charge in [-0.15, -0.1) is 0 Å². The van der Waals surface area contributed by atoms with Gasteiger partial charge in [0.25, 0.3) is 0 Å². The third kappa shape index (κ3) is 2.38. The van der Waals surface area contributed by atoms with Gasteiger partial charge >= 0.3 is 5.97 Å². The average Bonchev–Trinajstić information content (AvgIpc) is 2.24. The quantitative estimate of drug-likeness (QED) is 0.923. The maximum atomic E-state index is 11.2. The normalized spacial score (nSPS) is 12.2. The second-order valence-corrected chi connectivity index (χ2v) is 4.46. The molecule has 1 atom stereocenters. The monoisotopic (exact) mass is 286 g/mol. The van der Waals surface area contributed by atoms with Crippen LogP contribution in [0.1, 0.15) is 30.4 Å². The molecule has 16 heavy (non-hydrogen) atoms. The summed E-state index contributed by atoms with van der Waals surface area (Å²) in [6, 6.07) is 3.76. The predicted molar refractivity (Wildman–Crippen MR) is 66.1 cm³/mol. The zero-order valence-electron chi connectivity index (χ0n) is 9.58. The molecule has 1 aromatic rings. The Morgan fingerprint density at radius 1 is 1.56 bits per heavy atom. The summed E-state index contributed by atoms with van der Waals surface area (Å²) < 4.78 is 6.08. The van der Waals surface area contributed by atoms with Crippen molar-refractivity contribution >= 4 is 21.9 Å². The van der Waals surface area contributed by atoms with Crippen molar-refractivity contribution in [3.8, 4) is 5.75 Å². The highest BCUT2D eigenvalue weighted by atomic mass is 79.9. The number of rotatable bonds is 4. The Labute approximate surface area is 104 Å². The first kappa shape index (κ1) is 13.0. The van der Waals surface area contributed by atoms with E-state index in [1.165, 1.54) is 0 Å². The molecule has 88 valence electrons. The number of aryl methyl sites for hydroxylation is 1. The van der Waals surface area contributed by atoms with Gasteiger partial charge in [-0.25, -0.2) is 0 Å². The molecule has 0 aliphatic carbocycles. The molecule has 0 radical (unpaired) electrons. The van der Waals surface area contributed by atoms with Crippen molar-refractivity contribution in [3.63, 3.8) is 0 Å². The molecule has 0 saturated heterocycles. The van der Waals surface area contributed by atoms with Gasteiger partial charge in [0.05, 0.1) is 13.0 Å². The predicted octanol–water partition coefficient (Wildman–Crippen LogP) is 3.34. The van der Waals surface area contributed by atoms with E-state index in [4.69, 9.17) is 4.74 Å². The minimum absolute atomic E-state index is 0.535. The summed E-state index contributed by atoms with van der Waals surface area (Å²) in [7, 11) is 1.56. The van der Waals surface area contributed by atoms with Gasteiger partial charge in [0.2, 0.25) is 0 Å². The van der Waals surface area contributed by atoms with Crippen molar-refractivity contribution in [2.75, 3.05) is 7.11 Å². The molecule has 0 fully saturated rings. The maximum Gasteiger partial charge on any atom is 0.311 e. The minimum Gasteiger partial charge on any atom is -0.496 e. The lowest BCUT2D eigenvalue weighted by molar-refractivity contribution is -0.138. The van der Waals surface area contributed by atoms with Gasteiger partial charge in [-0.05, 0) is 25.0 Å². The van der Waals surface area contributed by atoms with Crippen LogP contribution in [0.2, 0.25) is 0 Å². The van der Waals surface area contributed by atoms with E-state index in [0.717, 1.165) is 15.6 Å². The Morgan fingerprint density at radius 3 is 2.62 bits per heavy atom. The topological polar surface area (TPSA) is 46.5 Å². The number of carboxylic acid groups (broad SMARTS) is 1. The summed E-state index contributed by atoms with van der Waals surface area (Å²) in [5, 5.41) is 9.19. The van der Waals surface area contributed by atoms with E-state index < -0.39 is 11.9 Å². The molecule has 0 spiro atoms. The largest absolute Gasteiger partial charge is 0.496 e. The van der Waals surface area contributed by atoms with Crippen molar-refractivity contribution in [1.29, 1.82) is 0 Å². The third-order valence-corrected chi connectivity index (χ3v) is 3.29. The summed E-state index contributed by atoms with van der Waals surface area (Å²) in [5.41, 5.74) is 1.66. The molecule has 0 aliphatic rings. The van der Waals surface area contributed by atoms with E-state index in [-0.39, 0.29) is 0 Å². The van der Waals surface area contributed by atoms with Crippen LogP contribution in [0.25, 0.3) is 0 Å². The molecule has 1 rings (SSSR count). The summed E-state index contributed by atoms with van der Waals surface area (Å²) in [6.07, 6.45) is 0.535. The molecule has 0 aromatic heterocycles. The number of carboxylic acids is 1. The zero-order valence-corrected chi connectivity index (χ0v) is 11.2. The standard InChI is InChI=1S/C12H15BrO3/c1-4-8(12(14)15)10-9(13)6-5-7(2)11(10)16-3/h5-6,8H,4H2,1-3H3,(H,14,15). The number of ether oxygens (including phenoxy) is 1. The highest BCUT2D eigenvalue weighted by Crippen LogP contribution is 2.37. The first-order valence-corrected chi connectivity index (χ1v) is 5.88. The van der Waals surface area contributed by atoms with Crippen LogP contribution in [0.5, 0.6) is 5.75 Å². The molecule has 0 heterocycles. The van der Waals surface area contributed by atoms with Gasteiger partial charge in [-0.2, -0.15) is 0 Å². The number of hydrogen-bond donors (Lipinski definition) is 1. The van der Waals surface area contributed by atoms with E-state index in [1.54, 1.807) is 7.11 Å².